The van der Waals surface area contributed by atoms with Crippen molar-refractivity contribution in [3.8, 4) is 5.69 Å². The van der Waals surface area contributed by atoms with Gasteiger partial charge in [0.15, 0.2) is 0 Å². The quantitative estimate of drug-likeness (QED) is 0.438. The Labute approximate surface area is 249 Å². The minimum atomic E-state index is -0.933. The highest BCUT2D eigenvalue weighted by molar-refractivity contribution is 6.00. The van der Waals surface area contributed by atoms with Gasteiger partial charge in [-0.2, -0.15) is 5.10 Å². The number of carboxylic acids is 1. The van der Waals surface area contributed by atoms with Crippen LogP contribution in [0.4, 0.5) is 0 Å². The summed E-state index contributed by atoms with van der Waals surface area (Å²) >= 11 is 0. The molecule has 5 rings (SSSR count). The number of likely N-dealkylation sites (tertiary alicyclic amines) is 1. The number of carbonyl (C=O) groups is 3. The van der Waals surface area contributed by atoms with Crippen LogP contribution in [0.5, 0.6) is 0 Å². The zero-order valence-electron chi connectivity index (χ0n) is 25.7. The minimum absolute atomic E-state index is 0.0408. The van der Waals surface area contributed by atoms with Crippen molar-refractivity contribution in [2.24, 2.45) is 5.92 Å². The van der Waals surface area contributed by atoms with Crippen LogP contribution in [-0.2, 0) is 16.1 Å². The summed E-state index contributed by atoms with van der Waals surface area (Å²) in [6.45, 7) is 10.8. The summed E-state index contributed by atoms with van der Waals surface area (Å²) in [5, 5.41) is 17.4. The third kappa shape index (κ3) is 5.85. The molecule has 1 spiro atoms. The van der Waals surface area contributed by atoms with Gasteiger partial charge in [0.1, 0.15) is 11.6 Å². The minimum Gasteiger partial charge on any atom is -0.478 e. The number of carboxylic acid groups (broad SMARTS) is 1. The molecule has 3 aliphatic rings. The van der Waals surface area contributed by atoms with Crippen molar-refractivity contribution in [1.82, 2.24) is 24.9 Å². The molecule has 3 fully saturated rings. The first-order chi connectivity index (χ1) is 20.1. The lowest BCUT2D eigenvalue weighted by Crippen LogP contribution is -2.73. The van der Waals surface area contributed by atoms with Gasteiger partial charge in [-0.15, -0.1) is 0 Å². The van der Waals surface area contributed by atoms with Gasteiger partial charge in [-0.1, -0.05) is 45.4 Å². The monoisotopic (exact) mass is 577 g/mol. The topological polar surface area (TPSA) is 108 Å². The van der Waals surface area contributed by atoms with Crippen LogP contribution in [0.15, 0.2) is 18.2 Å². The highest BCUT2D eigenvalue weighted by atomic mass is 16.4. The summed E-state index contributed by atoms with van der Waals surface area (Å²) in [5.41, 5.74) is 4.18. The van der Waals surface area contributed by atoms with Crippen molar-refractivity contribution in [3.63, 3.8) is 0 Å². The number of aromatic nitrogens is 2. The van der Waals surface area contributed by atoms with E-state index in [-0.39, 0.29) is 17.9 Å². The number of carbonyl (C=O) groups excluding carboxylic acids is 2. The number of aryl methyl sites for hydroxylation is 2. The fourth-order valence-electron chi connectivity index (χ4n) is 7.41. The van der Waals surface area contributed by atoms with E-state index in [2.05, 4.69) is 17.1 Å². The zero-order chi connectivity index (χ0) is 30.0. The van der Waals surface area contributed by atoms with E-state index in [1.807, 2.05) is 29.5 Å². The number of rotatable bonds is 9. The zero-order valence-corrected chi connectivity index (χ0v) is 25.7. The van der Waals surface area contributed by atoms with E-state index in [9.17, 15) is 19.5 Å². The number of piperidine rings is 1. The molecule has 1 atom stereocenters. The summed E-state index contributed by atoms with van der Waals surface area (Å²) in [4.78, 5) is 43.5. The van der Waals surface area contributed by atoms with E-state index in [1.165, 1.54) is 19.3 Å². The Morgan fingerprint density at radius 1 is 1.10 bits per heavy atom. The number of benzene rings is 1. The molecule has 2 aromatic rings. The van der Waals surface area contributed by atoms with Crippen LogP contribution in [0.1, 0.15) is 104 Å². The summed E-state index contributed by atoms with van der Waals surface area (Å²) in [6.07, 6.45) is 10.0. The van der Waals surface area contributed by atoms with Gasteiger partial charge in [-0.3, -0.25) is 14.5 Å². The van der Waals surface area contributed by atoms with Gasteiger partial charge >= 0.3 is 5.97 Å². The average Bonchev–Trinajstić information content (AvgIpc) is 3.25. The van der Waals surface area contributed by atoms with E-state index < -0.39 is 11.5 Å². The molecule has 2 aliphatic heterocycles. The van der Waals surface area contributed by atoms with Crippen LogP contribution in [0.2, 0.25) is 0 Å². The maximum absolute atomic E-state index is 13.9. The summed E-state index contributed by atoms with van der Waals surface area (Å²) < 4.78 is 1.89. The summed E-state index contributed by atoms with van der Waals surface area (Å²) in [5.74, 6) is -0.237. The molecule has 1 aromatic heterocycles. The van der Waals surface area contributed by atoms with Gasteiger partial charge in [0.25, 0.3) is 0 Å². The number of hydrogen-bond donors (Lipinski definition) is 2. The largest absolute Gasteiger partial charge is 0.478 e. The lowest BCUT2D eigenvalue weighted by molar-refractivity contribution is -0.162. The molecule has 0 radical (unpaired) electrons. The molecule has 9 heteroatoms. The van der Waals surface area contributed by atoms with Crippen LogP contribution in [0.3, 0.4) is 0 Å². The molecule has 1 aromatic carbocycles. The van der Waals surface area contributed by atoms with Crippen LogP contribution in [0, 0.1) is 26.7 Å². The first kappa shape index (κ1) is 30.3. The molecule has 3 heterocycles. The first-order valence-electron chi connectivity index (χ1n) is 15.9. The molecule has 228 valence electrons. The fourth-order valence-corrected chi connectivity index (χ4v) is 7.41. The van der Waals surface area contributed by atoms with Crippen molar-refractivity contribution in [3.05, 3.63) is 46.3 Å². The highest BCUT2D eigenvalue weighted by Gasteiger charge is 2.53. The lowest BCUT2D eigenvalue weighted by atomic mass is 9.79. The van der Waals surface area contributed by atoms with Crippen LogP contribution in [0.25, 0.3) is 5.69 Å². The van der Waals surface area contributed by atoms with Gasteiger partial charge in [0.05, 0.1) is 16.9 Å². The molecule has 2 N–H and O–H groups in total. The normalized spacial score (nSPS) is 21.6. The van der Waals surface area contributed by atoms with Gasteiger partial charge in [0.2, 0.25) is 11.8 Å². The van der Waals surface area contributed by atoms with E-state index in [4.69, 9.17) is 5.10 Å². The lowest BCUT2D eigenvalue weighted by Gasteiger charge is -2.52. The molecular formula is C33H47N5O4. The Kier molecular flexibility index (Phi) is 9.06. The second-order valence-electron chi connectivity index (χ2n) is 12.8. The standard InChI is InChI=1S/C33H47N5O4/c1-5-6-16-37-30(39)29(20-25-10-8-7-9-11-25)34-32(42)33(37)14-17-36(18-15-33)21-28-23(3)35-38(24(28)4)26-12-13-27(31(40)41)22(2)19-26/h12-13,19,25,29H,5-11,14-18,20-21H2,1-4H3,(H,34,42)(H,40,41)/t29-/m0/s1. The second-order valence-corrected chi connectivity index (χ2v) is 12.8. The second kappa shape index (κ2) is 12.6. The molecule has 2 saturated heterocycles. The molecule has 1 aliphatic carbocycles. The molecule has 2 amide bonds. The Bertz CT molecular complexity index is 1320. The van der Waals surface area contributed by atoms with Crippen molar-refractivity contribution >= 4 is 17.8 Å². The third-order valence-corrected chi connectivity index (χ3v) is 10.0. The summed E-state index contributed by atoms with van der Waals surface area (Å²) in [7, 11) is 0. The average molecular weight is 578 g/mol. The molecule has 0 bridgehead atoms. The van der Waals surface area contributed by atoms with Gasteiger partial charge in [0, 0.05) is 37.4 Å². The maximum atomic E-state index is 13.9. The molecule has 9 nitrogen and oxygen atoms in total. The van der Waals surface area contributed by atoms with Crippen molar-refractivity contribution in [2.45, 2.75) is 110 Å². The smallest absolute Gasteiger partial charge is 0.335 e. The Morgan fingerprint density at radius 2 is 1.81 bits per heavy atom. The number of hydrogen-bond acceptors (Lipinski definition) is 5. The predicted molar refractivity (Wildman–Crippen MR) is 162 cm³/mol. The van der Waals surface area contributed by atoms with Gasteiger partial charge in [-0.05, 0) is 76.1 Å². The van der Waals surface area contributed by atoms with E-state index in [0.717, 1.165) is 74.4 Å². The Hall–Kier alpha value is -3.20. The first-order valence-corrected chi connectivity index (χ1v) is 15.9. The SMILES string of the molecule is CCCCN1C(=O)[C@H](CC2CCCCC2)NC(=O)C12CCN(Cc1c(C)nn(-c3ccc(C(=O)O)c(C)c3)c1C)CC2. The predicted octanol–water partition coefficient (Wildman–Crippen LogP) is 4.93. The number of nitrogens with one attached hydrogen (secondary N) is 1. The van der Waals surface area contributed by atoms with Crippen LogP contribution in [-0.4, -0.2) is 73.7 Å². The van der Waals surface area contributed by atoms with Gasteiger partial charge in [-0.25, -0.2) is 9.48 Å². The van der Waals surface area contributed by atoms with E-state index >= 15 is 0 Å². The Morgan fingerprint density at radius 3 is 2.45 bits per heavy atom. The molecular weight excluding hydrogens is 530 g/mol. The molecule has 42 heavy (non-hydrogen) atoms. The van der Waals surface area contributed by atoms with Crippen molar-refractivity contribution in [1.29, 1.82) is 0 Å². The fraction of sp³-hybridized carbons (Fsp3) is 0.636. The van der Waals surface area contributed by atoms with Crippen LogP contribution < -0.4 is 5.32 Å². The number of aromatic carboxylic acids is 1. The maximum Gasteiger partial charge on any atom is 0.335 e. The number of amides is 2. The number of unbranched alkanes of at least 4 members (excludes halogenated alkanes) is 1. The van der Waals surface area contributed by atoms with E-state index in [0.29, 0.717) is 36.4 Å². The summed E-state index contributed by atoms with van der Waals surface area (Å²) in [6, 6.07) is 4.91. The number of piperazine rings is 1. The number of nitrogens with zero attached hydrogens (tertiary/aromatic N) is 4. The van der Waals surface area contributed by atoms with Crippen molar-refractivity contribution in [2.75, 3.05) is 19.6 Å². The third-order valence-electron chi connectivity index (χ3n) is 10.0. The van der Waals surface area contributed by atoms with Crippen molar-refractivity contribution < 1.29 is 19.5 Å². The van der Waals surface area contributed by atoms with Gasteiger partial charge < -0.3 is 15.3 Å². The Balaban J connectivity index is 1.29. The van der Waals surface area contributed by atoms with Crippen LogP contribution >= 0.6 is 0 Å². The van der Waals surface area contributed by atoms with E-state index in [1.54, 1.807) is 19.1 Å². The molecule has 0 unspecified atom stereocenters. The molecule has 1 saturated carbocycles. The highest BCUT2D eigenvalue weighted by Crippen LogP contribution is 2.36.